The van der Waals surface area contributed by atoms with Gasteiger partial charge in [-0.25, -0.2) is 4.79 Å². The number of nitrogens with zero attached hydrogens (tertiary/aromatic N) is 1. The second-order valence-electron chi connectivity index (χ2n) is 6.59. The highest BCUT2D eigenvalue weighted by molar-refractivity contribution is 6.05. The van der Waals surface area contributed by atoms with Crippen molar-refractivity contribution in [3.8, 4) is 28.7 Å². The first-order valence-corrected chi connectivity index (χ1v) is 9.15. The van der Waals surface area contributed by atoms with E-state index in [1.165, 1.54) is 0 Å². The lowest BCUT2D eigenvalue weighted by Crippen LogP contribution is -2.21. The number of fused-ring (bicyclic) bond motifs is 3. The number of carbonyl (C=O) groups is 1. The van der Waals surface area contributed by atoms with E-state index in [4.69, 9.17) is 15.2 Å². The van der Waals surface area contributed by atoms with Crippen molar-refractivity contribution >= 4 is 5.97 Å². The number of phenolic OH excluding ortho intramolecular Hbond substituents is 1. The van der Waals surface area contributed by atoms with Crippen LogP contribution >= 0.6 is 0 Å². The zero-order valence-corrected chi connectivity index (χ0v) is 15.7. The molecular formula is C23H18N2O4. The molecule has 6 nitrogen and oxygen atoms in total. The quantitative estimate of drug-likeness (QED) is 0.662. The molecule has 1 unspecified atom stereocenters. The van der Waals surface area contributed by atoms with Gasteiger partial charge < -0.3 is 20.3 Å². The summed E-state index contributed by atoms with van der Waals surface area (Å²) in [6, 6.07) is 17.9. The fraction of sp³-hybridized carbons (Fsp3) is 0.130. The number of rotatable bonds is 3. The van der Waals surface area contributed by atoms with E-state index in [0.29, 0.717) is 16.9 Å². The van der Waals surface area contributed by atoms with Gasteiger partial charge in [0, 0.05) is 11.1 Å². The van der Waals surface area contributed by atoms with E-state index >= 15 is 0 Å². The standard InChI is InChI=1S/C23H18N2O4/c1-2-28-23(27)20-16-7-5-3-4-6-15(16)19-18(13-8-10-14(26)11-9-13)17(12-24)22(25)29-21(19)20/h3-11,18,26H,2,25H2,1H3. The molecule has 0 saturated heterocycles. The normalized spacial score (nSPS) is 15.4. The van der Waals surface area contributed by atoms with Crippen LogP contribution in [-0.4, -0.2) is 17.7 Å². The highest BCUT2D eigenvalue weighted by Crippen LogP contribution is 2.52. The molecule has 0 aromatic heterocycles. The molecule has 3 N–H and O–H groups in total. The van der Waals surface area contributed by atoms with Gasteiger partial charge in [-0.15, -0.1) is 0 Å². The molecule has 0 spiro atoms. The number of hydrogen-bond donors (Lipinski definition) is 2. The van der Waals surface area contributed by atoms with Crippen molar-refractivity contribution in [2.45, 2.75) is 12.8 Å². The van der Waals surface area contributed by atoms with Crippen LogP contribution in [0.5, 0.6) is 11.5 Å². The van der Waals surface area contributed by atoms with Crippen molar-refractivity contribution in [2.75, 3.05) is 6.61 Å². The van der Waals surface area contributed by atoms with Crippen molar-refractivity contribution in [2.24, 2.45) is 5.73 Å². The van der Waals surface area contributed by atoms with Crippen LogP contribution in [0.4, 0.5) is 0 Å². The number of carbonyl (C=O) groups excluding carboxylic acids is 1. The topological polar surface area (TPSA) is 106 Å². The van der Waals surface area contributed by atoms with Gasteiger partial charge >= 0.3 is 5.97 Å². The van der Waals surface area contributed by atoms with Crippen LogP contribution in [0.3, 0.4) is 0 Å². The predicted molar refractivity (Wildman–Crippen MR) is 106 cm³/mol. The molecule has 29 heavy (non-hydrogen) atoms. The summed E-state index contributed by atoms with van der Waals surface area (Å²) in [6.07, 6.45) is 0. The maximum Gasteiger partial charge on any atom is 0.342 e. The molecule has 1 aromatic rings. The van der Waals surface area contributed by atoms with E-state index in [2.05, 4.69) is 6.07 Å². The summed E-state index contributed by atoms with van der Waals surface area (Å²) >= 11 is 0. The number of benzene rings is 1. The molecule has 0 saturated carbocycles. The van der Waals surface area contributed by atoms with Gasteiger partial charge in [-0.1, -0.05) is 42.5 Å². The molecule has 4 rings (SSSR count). The minimum absolute atomic E-state index is 0.0525. The Labute approximate surface area is 167 Å². The Kier molecular flexibility index (Phi) is 4.57. The average Bonchev–Trinajstić information content (AvgIpc) is 2.84. The Bertz CT molecular complexity index is 1140. The van der Waals surface area contributed by atoms with Crippen LogP contribution in [0.1, 0.15) is 34.3 Å². The molecule has 0 amide bonds. The van der Waals surface area contributed by atoms with Crippen molar-refractivity contribution in [1.82, 2.24) is 0 Å². The molecule has 144 valence electrons. The van der Waals surface area contributed by atoms with E-state index in [1.54, 1.807) is 31.2 Å². The smallest absolute Gasteiger partial charge is 0.342 e. The number of allylic oxidation sites excluding steroid dienone is 1. The zero-order valence-electron chi connectivity index (χ0n) is 15.7. The van der Waals surface area contributed by atoms with Crippen LogP contribution in [0.2, 0.25) is 0 Å². The second kappa shape index (κ2) is 7.21. The van der Waals surface area contributed by atoms with Gasteiger partial charge in [0.05, 0.1) is 12.5 Å². The van der Waals surface area contributed by atoms with Crippen LogP contribution in [-0.2, 0) is 4.74 Å². The molecule has 1 heterocycles. The van der Waals surface area contributed by atoms with E-state index in [9.17, 15) is 15.2 Å². The Morgan fingerprint density at radius 1 is 1.17 bits per heavy atom. The molecular weight excluding hydrogens is 368 g/mol. The second-order valence-corrected chi connectivity index (χ2v) is 6.59. The lowest BCUT2D eigenvalue weighted by Gasteiger charge is -2.25. The Morgan fingerprint density at radius 3 is 2.52 bits per heavy atom. The summed E-state index contributed by atoms with van der Waals surface area (Å²) in [6.45, 7) is 1.95. The van der Waals surface area contributed by atoms with Gasteiger partial charge in [0.25, 0.3) is 0 Å². The predicted octanol–water partition coefficient (Wildman–Crippen LogP) is 3.89. The van der Waals surface area contributed by atoms with Gasteiger partial charge in [-0.2, -0.15) is 5.26 Å². The minimum Gasteiger partial charge on any atom is -0.508 e. The van der Waals surface area contributed by atoms with Crippen molar-refractivity contribution < 1.29 is 19.4 Å². The van der Waals surface area contributed by atoms with E-state index in [0.717, 1.165) is 11.1 Å². The summed E-state index contributed by atoms with van der Waals surface area (Å²) in [7, 11) is 0. The number of esters is 1. The minimum atomic E-state index is -0.544. The van der Waals surface area contributed by atoms with Crippen LogP contribution in [0.25, 0.3) is 11.1 Å². The lowest BCUT2D eigenvalue weighted by atomic mass is 9.83. The molecule has 3 aliphatic rings. The molecule has 0 fully saturated rings. The van der Waals surface area contributed by atoms with Gasteiger partial charge in [0.1, 0.15) is 28.7 Å². The average molecular weight is 386 g/mol. The SMILES string of the molecule is CCOC(=O)c1c2cccccc-2c2c1OC(N)=C(C#N)C2c1ccc(O)cc1. The van der Waals surface area contributed by atoms with Crippen molar-refractivity contribution in [3.63, 3.8) is 0 Å². The molecule has 6 heteroatoms. The third kappa shape index (κ3) is 2.93. The number of ether oxygens (including phenoxy) is 2. The number of nitrogens with two attached hydrogens (primary N) is 1. The molecule has 1 aromatic carbocycles. The summed E-state index contributed by atoms with van der Waals surface area (Å²) in [5.41, 5.74) is 9.48. The Hall–Kier alpha value is -3.98. The van der Waals surface area contributed by atoms with E-state index in [-0.39, 0.29) is 29.4 Å². The van der Waals surface area contributed by atoms with E-state index < -0.39 is 11.9 Å². The van der Waals surface area contributed by atoms with Gasteiger partial charge in [0.2, 0.25) is 5.88 Å². The third-order valence-electron chi connectivity index (χ3n) is 4.95. The first-order chi connectivity index (χ1) is 14.1. The van der Waals surface area contributed by atoms with Crippen LogP contribution < -0.4 is 10.5 Å². The van der Waals surface area contributed by atoms with Gasteiger partial charge in [-0.3, -0.25) is 0 Å². The third-order valence-corrected chi connectivity index (χ3v) is 4.95. The van der Waals surface area contributed by atoms with E-state index in [1.807, 2.05) is 30.3 Å². The first kappa shape index (κ1) is 18.4. The number of aromatic hydroxyl groups is 1. The lowest BCUT2D eigenvalue weighted by molar-refractivity contribution is 0.0524. The Morgan fingerprint density at radius 2 is 1.86 bits per heavy atom. The zero-order chi connectivity index (χ0) is 20.5. The number of phenols is 1. The van der Waals surface area contributed by atoms with Crippen molar-refractivity contribution in [3.05, 3.63) is 82.7 Å². The summed E-state index contributed by atoms with van der Waals surface area (Å²) in [4.78, 5) is 12.8. The highest BCUT2D eigenvalue weighted by atomic mass is 16.5. The maximum atomic E-state index is 12.8. The first-order valence-electron chi connectivity index (χ1n) is 9.15. The van der Waals surface area contributed by atoms with Gasteiger partial charge in [-0.05, 0) is 30.2 Å². The number of hydrogen-bond acceptors (Lipinski definition) is 6. The fourth-order valence-corrected chi connectivity index (χ4v) is 3.75. The Balaban J connectivity index is 2.06. The molecule has 1 atom stereocenters. The summed E-state index contributed by atoms with van der Waals surface area (Å²) in [5.74, 6) is -0.690. The monoisotopic (exact) mass is 386 g/mol. The molecule has 2 aliphatic carbocycles. The van der Waals surface area contributed by atoms with Gasteiger partial charge in [0.15, 0.2) is 0 Å². The maximum absolute atomic E-state index is 12.8. The number of nitriles is 1. The largest absolute Gasteiger partial charge is 0.508 e. The molecule has 0 radical (unpaired) electrons. The molecule has 1 aliphatic heterocycles. The van der Waals surface area contributed by atoms with Crippen LogP contribution in [0, 0.1) is 11.3 Å². The van der Waals surface area contributed by atoms with Crippen molar-refractivity contribution in [1.29, 1.82) is 5.26 Å². The van der Waals surface area contributed by atoms with Crippen LogP contribution in [0.15, 0.2) is 66.1 Å². The fourth-order valence-electron chi connectivity index (χ4n) is 3.75. The summed E-state index contributed by atoms with van der Waals surface area (Å²) in [5, 5.41) is 19.5. The highest BCUT2D eigenvalue weighted by Gasteiger charge is 2.39. The summed E-state index contributed by atoms with van der Waals surface area (Å²) < 4.78 is 11.1. The molecule has 0 bridgehead atoms.